The molecule has 2 atom stereocenters. The molecule has 2 unspecified atom stereocenters. The molecule has 16 heavy (non-hydrogen) atoms. The fourth-order valence-corrected chi connectivity index (χ4v) is 2.55. The van der Waals surface area contributed by atoms with Gasteiger partial charge in [0, 0.05) is 12.6 Å². The minimum Gasteiger partial charge on any atom is -0.257 e. The Balaban J connectivity index is 2.96. The maximum absolute atomic E-state index is 3.47. The van der Waals surface area contributed by atoms with E-state index in [1.165, 1.54) is 0 Å². The van der Waals surface area contributed by atoms with E-state index < -0.39 is 0 Å². The van der Waals surface area contributed by atoms with Gasteiger partial charge in [0.05, 0.1) is 0 Å². The summed E-state index contributed by atoms with van der Waals surface area (Å²) in [5.74, 6) is 0.674. The molecule has 0 aromatic carbocycles. The Morgan fingerprint density at radius 1 is 0.875 bits per heavy atom. The van der Waals surface area contributed by atoms with Crippen LogP contribution in [0.15, 0.2) is 0 Å². The zero-order valence-corrected chi connectivity index (χ0v) is 12.4. The van der Waals surface area contributed by atoms with Gasteiger partial charge in [0.1, 0.15) is 0 Å². The molecule has 96 valence electrons. The number of rotatable bonds is 1. The lowest BCUT2D eigenvalue weighted by Crippen LogP contribution is -2.49. The summed E-state index contributed by atoms with van der Waals surface area (Å²) >= 11 is 0. The molecule has 2 N–H and O–H groups in total. The normalized spacial score (nSPS) is 28.5. The SMILES string of the molecule is CC(C)(C)C1NNCC1C(C)(C)C(C)(C)C. The van der Waals surface area contributed by atoms with Crippen LogP contribution in [0.25, 0.3) is 0 Å². The predicted octanol–water partition coefficient (Wildman–Crippen LogP) is 3.20. The maximum Gasteiger partial charge on any atom is 0.0307 e. The molecular formula is C14H30N2. The summed E-state index contributed by atoms with van der Waals surface area (Å²) in [7, 11) is 0. The first-order valence-electron chi connectivity index (χ1n) is 6.46. The molecule has 0 aromatic rings. The Bertz CT molecular complexity index is 242. The molecule has 0 amide bonds. The van der Waals surface area contributed by atoms with E-state index in [1.54, 1.807) is 0 Å². The molecule has 1 fully saturated rings. The van der Waals surface area contributed by atoms with Crippen LogP contribution < -0.4 is 10.9 Å². The third-order valence-electron chi connectivity index (χ3n) is 4.77. The van der Waals surface area contributed by atoms with Crippen molar-refractivity contribution in [3.63, 3.8) is 0 Å². The van der Waals surface area contributed by atoms with Gasteiger partial charge in [0.2, 0.25) is 0 Å². The van der Waals surface area contributed by atoms with E-state index >= 15 is 0 Å². The molecule has 1 saturated heterocycles. The van der Waals surface area contributed by atoms with E-state index in [9.17, 15) is 0 Å². The van der Waals surface area contributed by atoms with Crippen LogP contribution in [-0.2, 0) is 0 Å². The zero-order valence-electron chi connectivity index (χ0n) is 12.4. The second-order valence-electron chi connectivity index (χ2n) is 7.95. The van der Waals surface area contributed by atoms with Crippen molar-refractivity contribution in [1.29, 1.82) is 0 Å². The number of hydrogen-bond donors (Lipinski definition) is 2. The minimum absolute atomic E-state index is 0.302. The average Bonchev–Trinajstić information content (AvgIpc) is 2.47. The smallest absolute Gasteiger partial charge is 0.0307 e. The fourth-order valence-electron chi connectivity index (χ4n) is 2.55. The van der Waals surface area contributed by atoms with Crippen LogP contribution in [0.5, 0.6) is 0 Å². The van der Waals surface area contributed by atoms with Crippen molar-refractivity contribution in [3.8, 4) is 0 Å². The first-order valence-corrected chi connectivity index (χ1v) is 6.46. The largest absolute Gasteiger partial charge is 0.257 e. The van der Waals surface area contributed by atoms with E-state index in [1.807, 2.05) is 0 Å². The van der Waals surface area contributed by atoms with Crippen molar-refractivity contribution in [2.75, 3.05) is 6.54 Å². The lowest BCUT2D eigenvalue weighted by atomic mass is 9.58. The van der Waals surface area contributed by atoms with Crippen LogP contribution in [0.1, 0.15) is 55.4 Å². The number of hydrazine groups is 1. The quantitative estimate of drug-likeness (QED) is 0.717. The molecule has 1 rings (SSSR count). The van der Waals surface area contributed by atoms with Gasteiger partial charge in [-0.05, 0) is 22.2 Å². The summed E-state index contributed by atoms with van der Waals surface area (Å²) in [5, 5.41) is 0. The molecule has 0 aromatic heterocycles. The standard InChI is InChI=1S/C14H30N2/c1-12(2,3)11-10(9-15-16-11)14(7,8)13(4,5)6/h10-11,15-16H,9H2,1-8H3. The molecule has 1 heterocycles. The zero-order chi connectivity index (χ0) is 12.8. The van der Waals surface area contributed by atoms with Crippen LogP contribution in [0.3, 0.4) is 0 Å². The van der Waals surface area contributed by atoms with E-state index in [4.69, 9.17) is 0 Å². The first-order chi connectivity index (χ1) is 6.98. The molecular weight excluding hydrogens is 196 g/mol. The minimum atomic E-state index is 0.302. The highest BCUT2D eigenvalue weighted by molar-refractivity contribution is 5.01. The van der Waals surface area contributed by atoms with Crippen LogP contribution in [-0.4, -0.2) is 12.6 Å². The number of nitrogens with one attached hydrogen (secondary N) is 2. The molecule has 2 nitrogen and oxygen atoms in total. The van der Waals surface area contributed by atoms with Gasteiger partial charge in [0.25, 0.3) is 0 Å². The highest BCUT2D eigenvalue weighted by atomic mass is 15.4. The van der Waals surface area contributed by atoms with Crippen LogP contribution in [0, 0.1) is 22.2 Å². The molecule has 1 aliphatic heterocycles. The Morgan fingerprint density at radius 3 is 1.75 bits per heavy atom. The van der Waals surface area contributed by atoms with Gasteiger partial charge in [-0.2, -0.15) is 0 Å². The molecule has 0 radical (unpaired) electrons. The van der Waals surface area contributed by atoms with Gasteiger partial charge < -0.3 is 0 Å². The summed E-state index contributed by atoms with van der Waals surface area (Å²) in [6.45, 7) is 19.9. The third kappa shape index (κ3) is 2.43. The lowest BCUT2D eigenvalue weighted by Gasteiger charge is -2.48. The molecule has 0 spiro atoms. The van der Waals surface area contributed by atoms with Crippen molar-refractivity contribution >= 4 is 0 Å². The summed E-state index contributed by atoms with van der Waals surface area (Å²) in [5.41, 5.74) is 7.78. The van der Waals surface area contributed by atoms with E-state index in [0.717, 1.165) is 6.54 Å². The monoisotopic (exact) mass is 226 g/mol. The van der Waals surface area contributed by atoms with Crippen LogP contribution in [0.4, 0.5) is 0 Å². The van der Waals surface area contributed by atoms with Gasteiger partial charge >= 0.3 is 0 Å². The van der Waals surface area contributed by atoms with E-state index in [2.05, 4.69) is 66.2 Å². The molecule has 2 heteroatoms. The Kier molecular flexibility index (Phi) is 3.49. The van der Waals surface area contributed by atoms with Crippen molar-refractivity contribution in [1.82, 2.24) is 10.9 Å². The van der Waals surface area contributed by atoms with Gasteiger partial charge in [0.15, 0.2) is 0 Å². The third-order valence-corrected chi connectivity index (χ3v) is 4.77. The molecule has 1 aliphatic rings. The van der Waals surface area contributed by atoms with Crippen LogP contribution in [0.2, 0.25) is 0 Å². The fraction of sp³-hybridized carbons (Fsp3) is 1.00. The second-order valence-corrected chi connectivity index (χ2v) is 7.95. The van der Waals surface area contributed by atoms with Gasteiger partial charge in [-0.25, -0.2) is 0 Å². The van der Waals surface area contributed by atoms with Gasteiger partial charge in [-0.15, -0.1) is 0 Å². The summed E-state index contributed by atoms with van der Waals surface area (Å²) < 4.78 is 0. The molecule has 0 saturated carbocycles. The first kappa shape index (κ1) is 14.0. The van der Waals surface area contributed by atoms with E-state index in [-0.39, 0.29) is 0 Å². The Hall–Kier alpha value is -0.0800. The summed E-state index contributed by atoms with van der Waals surface area (Å²) in [6, 6.07) is 0.543. The Morgan fingerprint density at radius 2 is 1.38 bits per heavy atom. The Labute approximate surface area is 102 Å². The number of hydrogen-bond acceptors (Lipinski definition) is 2. The van der Waals surface area contributed by atoms with E-state index in [0.29, 0.717) is 28.2 Å². The van der Waals surface area contributed by atoms with Gasteiger partial charge in [-0.3, -0.25) is 10.9 Å². The molecule has 0 aliphatic carbocycles. The second kappa shape index (κ2) is 3.99. The van der Waals surface area contributed by atoms with Gasteiger partial charge in [-0.1, -0.05) is 55.4 Å². The van der Waals surface area contributed by atoms with Crippen molar-refractivity contribution in [2.45, 2.75) is 61.4 Å². The highest BCUT2D eigenvalue weighted by Gasteiger charge is 2.48. The maximum atomic E-state index is 3.47. The summed E-state index contributed by atoms with van der Waals surface area (Å²) in [6.07, 6.45) is 0. The van der Waals surface area contributed by atoms with Crippen molar-refractivity contribution in [3.05, 3.63) is 0 Å². The average molecular weight is 226 g/mol. The summed E-state index contributed by atoms with van der Waals surface area (Å²) in [4.78, 5) is 0. The topological polar surface area (TPSA) is 24.1 Å². The molecule has 0 bridgehead atoms. The van der Waals surface area contributed by atoms with Crippen LogP contribution >= 0.6 is 0 Å². The predicted molar refractivity (Wildman–Crippen MR) is 71.1 cm³/mol. The lowest BCUT2D eigenvalue weighted by molar-refractivity contribution is 0.0301. The van der Waals surface area contributed by atoms with Crippen molar-refractivity contribution < 1.29 is 0 Å². The highest BCUT2D eigenvalue weighted by Crippen LogP contribution is 2.48. The van der Waals surface area contributed by atoms with Crippen molar-refractivity contribution in [2.24, 2.45) is 22.2 Å².